The summed E-state index contributed by atoms with van der Waals surface area (Å²) in [5.74, 6) is -1.11. The molecule has 1 unspecified atom stereocenters. The summed E-state index contributed by atoms with van der Waals surface area (Å²) in [6, 6.07) is 4.28. The number of rotatable bonds is 5. The van der Waals surface area contributed by atoms with Crippen molar-refractivity contribution in [3.05, 3.63) is 23.8 Å². The molecule has 104 valence electrons. The summed E-state index contributed by atoms with van der Waals surface area (Å²) < 4.78 is 5.39. The lowest BCUT2D eigenvalue weighted by molar-refractivity contribution is -0.127. The van der Waals surface area contributed by atoms with Crippen molar-refractivity contribution < 1.29 is 19.4 Å². The van der Waals surface area contributed by atoms with E-state index in [0.717, 1.165) is 0 Å². The summed E-state index contributed by atoms with van der Waals surface area (Å²) in [5.41, 5.74) is 5.64. The van der Waals surface area contributed by atoms with Crippen molar-refractivity contribution in [2.75, 3.05) is 5.73 Å². The van der Waals surface area contributed by atoms with Crippen molar-refractivity contribution in [2.45, 2.75) is 32.9 Å². The molecule has 1 aromatic rings. The predicted molar refractivity (Wildman–Crippen MR) is 71.2 cm³/mol. The number of nitrogens with one attached hydrogen (secondary N) is 1. The summed E-state index contributed by atoms with van der Waals surface area (Å²) in [5, 5.41) is 11.6. The Morgan fingerprint density at radius 3 is 2.47 bits per heavy atom. The summed E-state index contributed by atoms with van der Waals surface area (Å²) >= 11 is 0. The molecule has 0 radical (unpaired) electrons. The van der Waals surface area contributed by atoms with E-state index in [1.807, 2.05) is 13.8 Å². The van der Waals surface area contributed by atoms with Crippen LogP contribution >= 0.6 is 0 Å². The molecule has 19 heavy (non-hydrogen) atoms. The molecule has 1 amide bonds. The Kier molecular flexibility index (Phi) is 4.74. The lowest BCUT2D eigenvalue weighted by Crippen LogP contribution is -2.40. The van der Waals surface area contributed by atoms with Gasteiger partial charge in [0, 0.05) is 11.7 Å². The van der Waals surface area contributed by atoms with Gasteiger partial charge >= 0.3 is 5.97 Å². The van der Waals surface area contributed by atoms with Crippen molar-refractivity contribution in [3.63, 3.8) is 0 Å². The quantitative estimate of drug-likeness (QED) is 0.696. The first-order chi connectivity index (χ1) is 8.81. The number of amides is 1. The summed E-state index contributed by atoms with van der Waals surface area (Å²) in [4.78, 5) is 22.6. The number of anilines is 1. The SMILES string of the molecule is CC(C)NC(=O)C(C)Oc1ccc(N)c(C(=O)O)c1. The minimum atomic E-state index is -1.14. The highest BCUT2D eigenvalue weighted by Gasteiger charge is 2.16. The zero-order valence-electron chi connectivity index (χ0n) is 11.1. The van der Waals surface area contributed by atoms with Crippen LogP contribution in [0.25, 0.3) is 0 Å². The minimum absolute atomic E-state index is 0.0135. The Morgan fingerprint density at radius 2 is 1.95 bits per heavy atom. The maximum absolute atomic E-state index is 11.7. The van der Waals surface area contributed by atoms with E-state index in [1.54, 1.807) is 6.92 Å². The average molecular weight is 266 g/mol. The van der Waals surface area contributed by atoms with Gasteiger partial charge in [0.25, 0.3) is 5.91 Å². The maximum Gasteiger partial charge on any atom is 0.337 e. The number of benzene rings is 1. The number of hydrogen-bond donors (Lipinski definition) is 3. The minimum Gasteiger partial charge on any atom is -0.481 e. The van der Waals surface area contributed by atoms with E-state index in [0.29, 0.717) is 0 Å². The lowest BCUT2D eigenvalue weighted by Gasteiger charge is -2.17. The van der Waals surface area contributed by atoms with Gasteiger partial charge < -0.3 is 20.9 Å². The molecule has 0 spiro atoms. The monoisotopic (exact) mass is 266 g/mol. The van der Waals surface area contributed by atoms with Crippen LogP contribution in [0.1, 0.15) is 31.1 Å². The van der Waals surface area contributed by atoms with Gasteiger partial charge in [-0.15, -0.1) is 0 Å². The number of nitrogen functional groups attached to an aromatic ring is 1. The second-order valence-corrected chi connectivity index (χ2v) is 4.48. The molecule has 0 heterocycles. The molecule has 0 saturated heterocycles. The van der Waals surface area contributed by atoms with Gasteiger partial charge in [0.1, 0.15) is 5.75 Å². The van der Waals surface area contributed by atoms with Crippen molar-refractivity contribution in [3.8, 4) is 5.75 Å². The normalized spacial score (nSPS) is 12.0. The van der Waals surface area contributed by atoms with Crippen molar-refractivity contribution in [2.24, 2.45) is 0 Å². The van der Waals surface area contributed by atoms with Gasteiger partial charge in [-0.2, -0.15) is 0 Å². The third-order valence-electron chi connectivity index (χ3n) is 2.37. The van der Waals surface area contributed by atoms with E-state index >= 15 is 0 Å². The van der Waals surface area contributed by atoms with Gasteiger partial charge in [-0.25, -0.2) is 4.79 Å². The van der Waals surface area contributed by atoms with Crippen LogP contribution in [0.15, 0.2) is 18.2 Å². The maximum atomic E-state index is 11.7. The Labute approximate surface area is 111 Å². The van der Waals surface area contributed by atoms with Crippen LogP contribution in [0.5, 0.6) is 5.75 Å². The van der Waals surface area contributed by atoms with Gasteiger partial charge in [0.15, 0.2) is 6.10 Å². The zero-order valence-corrected chi connectivity index (χ0v) is 11.1. The first-order valence-electron chi connectivity index (χ1n) is 5.91. The Bertz CT molecular complexity index is 486. The first kappa shape index (κ1) is 14.8. The molecule has 0 saturated carbocycles. The van der Waals surface area contributed by atoms with Crippen molar-refractivity contribution in [1.82, 2.24) is 5.32 Å². The number of ether oxygens (including phenoxy) is 1. The van der Waals surface area contributed by atoms with E-state index in [-0.39, 0.29) is 28.9 Å². The van der Waals surface area contributed by atoms with Gasteiger partial charge in [-0.1, -0.05) is 0 Å². The highest BCUT2D eigenvalue weighted by molar-refractivity contribution is 5.94. The second kappa shape index (κ2) is 6.08. The fourth-order valence-electron chi connectivity index (χ4n) is 1.45. The topological polar surface area (TPSA) is 102 Å². The molecule has 6 heteroatoms. The number of carboxylic acids is 1. The smallest absolute Gasteiger partial charge is 0.337 e. The molecule has 6 nitrogen and oxygen atoms in total. The van der Waals surface area contributed by atoms with Crippen LogP contribution < -0.4 is 15.8 Å². The Morgan fingerprint density at radius 1 is 1.32 bits per heavy atom. The van der Waals surface area contributed by atoms with E-state index in [2.05, 4.69) is 5.32 Å². The van der Waals surface area contributed by atoms with Crippen molar-refractivity contribution >= 4 is 17.6 Å². The number of carboxylic acid groups (broad SMARTS) is 1. The Balaban J connectivity index is 2.80. The molecule has 0 aliphatic heterocycles. The molecular formula is C13H18N2O4. The van der Waals surface area contributed by atoms with Crippen LogP contribution in [-0.4, -0.2) is 29.1 Å². The molecule has 0 aliphatic carbocycles. The van der Waals surface area contributed by atoms with Gasteiger partial charge in [0.2, 0.25) is 0 Å². The molecule has 0 aliphatic rings. The first-order valence-corrected chi connectivity index (χ1v) is 5.91. The third-order valence-corrected chi connectivity index (χ3v) is 2.37. The fraction of sp³-hybridized carbons (Fsp3) is 0.385. The zero-order chi connectivity index (χ0) is 14.6. The number of carbonyl (C=O) groups is 2. The standard InChI is InChI=1S/C13H18N2O4/c1-7(2)15-12(16)8(3)19-9-4-5-11(14)10(6-9)13(17)18/h4-8H,14H2,1-3H3,(H,15,16)(H,17,18). The van der Waals surface area contributed by atoms with Crippen LogP contribution in [0.2, 0.25) is 0 Å². The molecule has 1 aromatic carbocycles. The fourth-order valence-corrected chi connectivity index (χ4v) is 1.45. The largest absolute Gasteiger partial charge is 0.481 e. The van der Waals surface area contributed by atoms with E-state index in [4.69, 9.17) is 15.6 Å². The van der Waals surface area contributed by atoms with E-state index in [1.165, 1.54) is 18.2 Å². The number of hydrogen-bond acceptors (Lipinski definition) is 4. The van der Waals surface area contributed by atoms with Gasteiger partial charge in [0.05, 0.1) is 5.56 Å². The van der Waals surface area contributed by atoms with Crippen LogP contribution in [0.3, 0.4) is 0 Å². The molecule has 0 aromatic heterocycles. The molecule has 4 N–H and O–H groups in total. The number of nitrogens with two attached hydrogens (primary N) is 1. The second-order valence-electron chi connectivity index (χ2n) is 4.48. The summed E-state index contributed by atoms with van der Waals surface area (Å²) in [7, 11) is 0. The number of aromatic carboxylic acids is 1. The molecular weight excluding hydrogens is 248 g/mol. The predicted octanol–water partition coefficient (Wildman–Crippen LogP) is 1.26. The summed E-state index contributed by atoms with van der Waals surface area (Å²) in [6.45, 7) is 5.28. The molecule has 0 bridgehead atoms. The van der Waals surface area contributed by atoms with Gasteiger partial charge in [-0.05, 0) is 39.0 Å². The third kappa shape index (κ3) is 4.17. The highest BCUT2D eigenvalue weighted by atomic mass is 16.5. The molecule has 1 rings (SSSR count). The lowest BCUT2D eigenvalue weighted by atomic mass is 10.1. The van der Waals surface area contributed by atoms with Gasteiger partial charge in [-0.3, -0.25) is 4.79 Å². The van der Waals surface area contributed by atoms with E-state index in [9.17, 15) is 9.59 Å². The summed E-state index contributed by atoms with van der Waals surface area (Å²) in [6.07, 6.45) is -0.715. The van der Waals surface area contributed by atoms with Crippen molar-refractivity contribution in [1.29, 1.82) is 0 Å². The highest BCUT2D eigenvalue weighted by Crippen LogP contribution is 2.20. The molecule has 0 fully saturated rings. The average Bonchev–Trinajstić information content (AvgIpc) is 2.30. The van der Waals surface area contributed by atoms with Crippen LogP contribution in [0.4, 0.5) is 5.69 Å². The number of carbonyl (C=O) groups excluding carboxylic acids is 1. The van der Waals surface area contributed by atoms with E-state index < -0.39 is 12.1 Å². The van der Waals surface area contributed by atoms with Crippen LogP contribution in [0, 0.1) is 0 Å². The Hall–Kier alpha value is -2.24. The molecule has 1 atom stereocenters. The van der Waals surface area contributed by atoms with Crippen LogP contribution in [-0.2, 0) is 4.79 Å².